The second-order valence-electron chi connectivity index (χ2n) is 7.03. The van der Waals surface area contributed by atoms with Crippen LogP contribution in [0.3, 0.4) is 0 Å². The Morgan fingerprint density at radius 2 is 1.70 bits per heavy atom. The van der Waals surface area contributed by atoms with Crippen molar-refractivity contribution < 1.29 is 18.0 Å². The number of hydrogen-bond donors (Lipinski definition) is 1. The molecule has 0 atom stereocenters. The Kier molecular flexibility index (Phi) is 5.80. The third-order valence-electron chi connectivity index (χ3n) is 5.25. The topological polar surface area (TPSA) is 29.1 Å². The summed E-state index contributed by atoms with van der Waals surface area (Å²) in [6, 6.07) is 12.3. The van der Waals surface area contributed by atoms with Crippen LogP contribution in [-0.4, -0.2) is 5.91 Å². The van der Waals surface area contributed by atoms with E-state index in [4.69, 9.17) is 11.6 Å². The van der Waals surface area contributed by atoms with E-state index >= 15 is 0 Å². The van der Waals surface area contributed by atoms with Crippen LogP contribution in [-0.2, 0) is 22.9 Å². The van der Waals surface area contributed by atoms with E-state index in [2.05, 4.69) is 5.32 Å². The second kappa shape index (κ2) is 7.93. The van der Waals surface area contributed by atoms with E-state index < -0.39 is 17.2 Å². The van der Waals surface area contributed by atoms with Gasteiger partial charge in [0, 0.05) is 11.6 Å². The summed E-state index contributed by atoms with van der Waals surface area (Å²) in [4.78, 5) is 13.1. The highest BCUT2D eigenvalue weighted by molar-refractivity contribution is 6.30. The van der Waals surface area contributed by atoms with E-state index in [9.17, 15) is 18.0 Å². The fraction of sp³-hybridized carbons (Fsp3) is 0.381. The first-order chi connectivity index (χ1) is 12.8. The standard InChI is InChI=1S/C21H21ClF3NO/c22-18-9-7-16(8-10-18)20(11-2-1-3-12-20)19(27)26-14-15-5-4-6-17(13-15)21(23,24)25/h4-10,13H,1-3,11-12,14H2,(H,26,27). The summed E-state index contributed by atoms with van der Waals surface area (Å²) in [5, 5.41) is 3.47. The number of hydrogen-bond acceptors (Lipinski definition) is 1. The van der Waals surface area contributed by atoms with E-state index in [1.807, 2.05) is 12.1 Å². The summed E-state index contributed by atoms with van der Waals surface area (Å²) in [5.41, 5.74) is -0.0162. The van der Waals surface area contributed by atoms with Gasteiger partial charge in [0.15, 0.2) is 0 Å². The SMILES string of the molecule is O=C(NCc1cccc(C(F)(F)F)c1)C1(c2ccc(Cl)cc2)CCCCC1. The Balaban J connectivity index is 1.79. The molecule has 2 nitrogen and oxygen atoms in total. The van der Waals surface area contributed by atoms with E-state index in [0.717, 1.165) is 49.8 Å². The van der Waals surface area contributed by atoms with Crippen LogP contribution in [0.1, 0.15) is 48.8 Å². The monoisotopic (exact) mass is 395 g/mol. The number of halogens is 4. The van der Waals surface area contributed by atoms with Crippen LogP contribution in [0.15, 0.2) is 48.5 Å². The third kappa shape index (κ3) is 4.46. The predicted octanol–water partition coefficient (Wildman–Crippen LogP) is 5.88. The number of carbonyl (C=O) groups excluding carboxylic acids is 1. The molecule has 1 N–H and O–H groups in total. The van der Waals surface area contributed by atoms with Gasteiger partial charge in [0.2, 0.25) is 5.91 Å². The molecular formula is C21H21ClF3NO. The normalized spacial score (nSPS) is 16.7. The van der Waals surface area contributed by atoms with Crippen LogP contribution >= 0.6 is 11.6 Å². The number of carbonyl (C=O) groups is 1. The van der Waals surface area contributed by atoms with Gasteiger partial charge in [0.25, 0.3) is 0 Å². The van der Waals surface area contributed by atoms with Crippen LogP contribution in [0, 0.1) is 0 Å². The molecule has 1 amide bonds. The molecule has 2 aromatic carbocycles. The summed E-state index contributed by atoms with van der Waals surface area (Å²) in [5.74, 6) is -0.137. The molecule has 2 aromatic rings. The van der Waals surface area contributed by atoms with E-state index in [-0.39, 0.29) is 12.5 Å². The summed E-state index contributed by atoms with van der Waals surface area (Å²) >= 11 is 5.98. The van der Waals surface area contributed by atoms with Gasteiger partial charge in [-0.3, -0.25) is 4.79 Å². The zero-order valence-corrected chi connectivity index (χ0v) is 15.5. The van der Waals surface area contributed by atoms with Gasteiger partial charge in [0.1, 0.15) is 0 Å². The summed E-state index contributed by atoms with van der Waals surface area (Å²) in [7, 11) is 0. The van der Waals surface area contributed by atoms with E-state index in [0.29, 0.717) is 10.6 Å². The number of nitrogens with one attached hydrogen (secondary N) is 1. The van der Waals surface area contributed by atoms with Gasteiger partial charge >= 0.3 is 6.18 Å². The van der Waals surface area contributed by atoms with Gasteiger partial charge in [-0.1, -0.05) is 55.1 Å². The number of rotatable bonds is 4. The Morgan fingerprint density at radius 3 is 2.33 bits per heavy atom. The molecule has 0 unspecified atom stereocenters. The minimum absolute atomic E-state index is 0.0676. The quantitative estimate of drug-likeness (QED) is 0.688. The molecule has 27 heavy (non-hydrogen) atoms. The fourth-order valence-electron chi connectivity index (χ4n) is 3.78. The highest BCUT2D eigenvalue weighted by Crippen LogP contribution is 2.40. The molecule has 1 aliphatic carbocycles. The molecule has 0 aromatic heterocycles. The number of amides is 1. The molecule has 0 saturated heterocycles. The van der Waals surface area contributed by atoms with Crippen molar-refractivity contribution in [2.75, 3.05) is 0 Å². The Morgan fingerprint density at radius 1 is 1.04 bits per heavy atom. The average molecular weight is 396 g/mol. The maximum atomic E-state index is 13.1. The highest BCUT2D eigenvalue weighted by atomic mass is 35.5. The smallest absolute Gasteiger partial charge is 0.351 e. The first-order valence-electron chi connectivity index (χ1n) is 9.02. The van der Waals surface area contributed by atoms with Gasteiger partial charge < -0.3 is 5.32 Å². The first-order valence-corrected chi connectivity index (χ1v) is 9.39. The molecule has 1 saturated carbocycles. The number of benzene rings is 2. The molecule has 0 bridgehead atoms. The van der Waals surface area contributed by atoms with Crippen molar-refractivity contribution in [2.45, 2.75) is 50.2 Å². The van der Waals surface area contributed by atoms with Gasteiger partial charge in [0.05, 0.1) is 11.0 Å². The summed E-state index contributed by atoms with van der Waals surface area (Å²) in [6.45, 7) is 0.0676. The van der Waals surface area contributed by atoms with E-state index in [1.54, 1.807) is 18.2 Å². The lowest BCUT2D eigenvalue weighted by Crippen LogP contribution is -2.45. The van der Waals surface area contributed by atoms with Crippen LogP contribution in [0.25, 0.3) is 0 Å². The lowest BCUT2D eigenvalue weighted by molar-refractivity contribution is -0.137. The molecule has 0 aliphatic heterocycles. The van der Waals surface area contributed by atoms with Crippen molar-refractivity contribution in [3.05, 3.63) is 70.2 Å². The van der Waals surface area contributed by atoms with Crippen LogP contribution in [0.2, 0.25) is 5.02 Å². The van der Waals surface area contributed by atoms with Crippen molar-refractivity contribution in [1.29, 1.82) is 0 Å². The van der Waals surface area contributed by atoms with Crippen LogP contribution in [0.4, 0.5) is 13.2 Å². The Labute approximate surface area is 161 Å². The minimum atomic E-state index is -4.39. The summed E-state index contributed by atoms with van der Waals surface area (Å²) in [6.07, 6.45) is 0.0233. The van der Waals surface area contributed by atoms with E-state index in [1.165, 1.54) is 6.07 Å². The zero-order chi connectivity index (χ0) is 19.5. The van der Waals surface area contributed by atoms with Crippen LogP contribution in [0.5, 0.6) is 0 Å². The molecule has 1 aliphatic rings. The first kappa shape index (κ1) is 19.7. The summed E-state index contributed by atoms with van der Waals surface area (Å²) < 4.78 is 38.6. The van der Waals surface area contributed by atoms with Gasteiger partial charge in [-0.25, -0.2) is 0 Å². The van der Waals surface area contributed by atoms with Gasteiger partial charge in [-0.2, -0.15) is 13.2 Å². The van der Waals surface area contributed by atoms with Crippen molar-refractivity contribution in [1.82, 2.24) is 5.32 Å². The molecule has 0 heterocycles. The Bertz CT molecular complexity index is 796. The van der Waals surface area contributed by atoms with Crippen LogP contribution < -0.4 is 5.32 Å². The molecule has 3 rings (SSSR count). The lowest BCUT2D eigenvalue weighted by atomic mass is 9.68. The molecule has 1 fully saturated rings. The largest absolute Gasteiger partial charge is 0.416 e. The predicted molar refractivity (Wildman–Crippen MR) is 99.5 cm³/mol. The zero-order valence-electron chi connectivity index (χ0n) is 14.8. The van der Waals surface area contributed by atoms with Gasteiger partial charge in [-0.05, 0) is 48.2 Å². The maximum Gasteiger partial charge on any atom is 0.416 e. The molecule has 144 valence electrons. The minimum Gasteiger partial charge on any atom is -0.351 e. The van der Waals surface area contributed by atoms with Gasteiger partial charge in [-0.15, -0.1) is 0 Å². The lowest BCUT2D eigenvalue weighted by Gasteiger charge is -2.36. The average Bonchev–Trinajstić information content (AvgIpc) is 2.66. The third-order valence-corrected chi connectivity index (χ3v) is 5.50. The number of alkyl halides is 3. The van der Waals surface area contributed by atoms with Crippen molar-refractivity contribution >= 4 is 17.5 Å². The fourth-order valence-corrected chi connectivity index (χ4v) is 3.91. The molecule has 0 radical (unpaired) electrons. The molecule has 0 spiro atoms. The van der Waals surface area contributed by atoms with Crippen molar-refractivity contribution in [2.24, 2.45) is 0 Å². The Hall–Kier alpha value is -2.01. The van der Waals surface area contributed by atoms with Crippen molar-refractivity contribution in [3.8, 4) is 0 Å². The van der Waals surface area contributed by atoms with Crippen molar-refractivity contribution in [3.63, 3.8) is 0 Å². The highest BCUT2D eigenvalue weighted by Gasteiger charge is 2.41. The second-order valence-corrected chi connectivity index (χ2v) is 7.47. The molecular weight excluding hydrogens is 375 g/mol. The molecule has 6 heteroatoms. The maximum absolute atomic E-state index is 13.1.